The standard InChI is InChI=1S/C20H26N4O5S/c1-23(2)30(26,27)18-6-3-16(4-7-18)20(25)22-17-5-8-19(21-15-17)29-14-11-24-9-12-28-13-10-24/h3-8,15H,9-14H2,1-2H3,(H,22,25). The quantitative estimate of drug-likeness (QED) is 0.668. The van der Waals surface area contributed by atoms with Crippen LogP contribution in [0.5, 0.6) is 5.88 Å². The maximum Gasteiger partial charge on any atom is 0.255 e. The fraction of sp³-hybridized carbons (Fsp3) is 0.400. The Hall–Kier alpha value is -2.53. The fourth-order valence-corrected chi connectivity index (χ4v) is 3.74. The first-order valence-electron chi connectivity index (χ1n) is 9.59. The van der Waals surface area contributed by atoms with Gasteiger partial charge in [0.15, 0.2) is 0 Å². The summed E-state index contributed by atoms with van der Waals surface area (Å²) in [4.78, 5) is 19.0. The van der Waals surface area contributed by atoms with Crippen LogP contribution in [-0.2, 0) is 14.8 Å². The Labute approximate surface area is 176 Å². The fourth-order valence-electron chi connectivity index (χ4n) is 2.84. The van der Waals surface area contributed by atoms with Gasteiger partial charge in [-0.2, -0.15) is 0 Å². The maximum atomic E-state index is 12.4. The average Bonchev–Trinajstić information content (AvgIpc) is 2.75. The molecule has 10 heteroatoms. The Morgan fingerprint density at radius 2 is 1.87 bits per heavy atom. The number of rotatable bonds is 8. The summed E-state index contributed by atoms with van der Waals surface area (Å²) in [6.45, 7) is 4.65. The number of hydrogen-bond acceptors (Lipinski definition) is 7. The molecular weight excluding hydrogens is 408 g/mol. The van der Waals surface area contributed by atoms with Crippen molar-refractivity contribution in [1.82, 2.24) is 14.2 Å². The highest BCUT2D eigenvalue weighted by Crippen LogP contribution is 2.16. The second kappa shape index (κ2) is 9.98. The lowest BCUT2D eigenvalue weighted by atomic mass is 10.2. The van der Waals surface area contributed by atoms with E-state index in [2.05, 4.69) is 15.2 Å². The minimum atomic E-state index is -3.53. The molecule has 0 saturated carbocycles. The van der Waals surface area contributed by atoms with Gasteiger partial charge in [-0.15, -0.1) is 0 Å². The summed E-state index contributed by atoms with van der Waals surface area (Å²) in [5.74, 6) is 0.131. The van der Waals surface area contributed by atoms with E-state index in [1.54, 1.807) is 12.1 Å². The van der Waals surface area contributed by atoms with E-state index in [1.165, 1.54) is 44.6 Å². The first-order chi connectivity index (χ1) is 14.4. The lowest BCUT2D eigenvalue weighted by molar-refractivity contribution is 0.0320. The predicted octanol–water partition coefficient (Wildman–Crippen LogP) is 1.30. The number of pyridine rings is 1. The van der Waals surface area contributed by atoms with Gasteiger partial charge in [0.2, 0.25) is 15.9 Å². The van der Waals surface area contributed by atoms with Crippen molar-refractivity contribution in [2.75, 3.05) is 58.9 Å². The van der Waals surface area contributed by atoms with Crippen LogP contribution in [0.1, 0.15) is 10.4 Å². The van der Waals surface area contributed by atoms with Crippen LogP contribution in [0, 0.1) is 0 Å². The SMILES string of the molecule is CN(C)S(=O)(=O)c1ccc(C(=O)Nc2ccc(OCCN3CCOCC3)nc2)cc1. The summed E-state index contributed by atoms with van der Waals surface area (Å²) < 4.78 is 36.3. The van der Waals surface area contributed by atoms with Crippen LogP contribution in [0.25, 0.3) is 0 Å². The van der Waals surface area contributed by atoms with Crippen molar-refractivity contribution >= 4 is 21.6 Å². The number of sulfonamides is 1. The van der Waals surface area contributed by atoms with Crippen molar-refractivity contribution in [3.63, 3.8) is 0 Å². The highest BCUT2D eigenvalue weighted by Gasteiger charge is 2.17. The van der Waals surface area contributed by atoms with Crippen LogP contribution in [0.15, 0.2) is 47.5 Å². The number of morpholine rings is 1. The summed E-state index contributed by atoms with van der Waals surface area (Å²) in [6.07, 6.45) is 1.52. The third-order valence-electron chi connectivity index (χ3n) is 4.65. The van der Waals surface area contributed by atoms with E-state index in [9.17, 15) is 13.2 Å². The number of ether oxygens (including phenoxy) is 2. The van der Waals surface area contributed by atoms with Gasteiger partial charge in [-0.3, -0.25) is 9.69 Å². The van der Waals surface area contributed by atoms with Crippen LogP contribution in [0.3, 0.4) is 0 Å². The highest BCUT2D eigenvalue weighted by molar-refractivity contribution is 7.89. The molecule has 30 heavy (non-hydrogen) atoms. The Kier molecular flexibility index (Phi) is 7.38. The van der Waals surface area contributed by atoms with Crippen molar-refractivity contribution in [1.29, 1.82) is 0 Å². The zero-order valence-electron chi connectivity index (χ0n) is 17.1. The molecule has 1 saturated heterocycles. The van der Waals surface area contributed by atoms with Crippen molar-refractivity contribution in [2.24, 2.45) is 0 Å². The number of aromatic nitrogens is 1. The lowest BCUT2D eigenvalue weighted by Gasteiger charge is -2.26. The number of benzene rings is 1. The average molecular weight is 435 g/mol. The largest absolute Gasteiger partial charge is 0.476 e. The Morgan fingerprint density at radius 3 is 2.47 bits per heavy atom. The Morgan fingerprint density at radius 1 is 1.17 bits per heavy atom. The number of anilines is 1. The third kappa shape index (κ3) is 5.76. The van der Waals surface area contributed by atoms with Gasteiger partial charge in [0.05, 0.1) is 30.0 Å². The molecule has 0 aliphatic carbocycles. The predicted molar refractivity (Wildman–Crippen MR) is 112 cm³/mol. The number of hydrogen-bond donors (Lipinski definition) is 1. The molecule has 1 aromatic carbocycles. The number of nitrogens with zero attached hydrogens (tertiary/aromatic N) is 3. The maximum absolute atomic E-state index is 12.4. The zero-order valence-corrected chi connectivity index (χ0v) is 17.9. The zero-order chi connectivity index (χ0) is 21.6. The van der Waals surface area contributed by atoms with Gasteiger partial charge in [0, 0.05) is 45.4 Å². The van der Waals surface area contributed by atoms with E-state index >= 15 is 0 Å². The molecule has 2 heterocycles. The molecule has 1 N–H and O–H groups in total. The van der Waals surface area contributed by atoms with Crippen LogP contribution in [-0.4, -0.2) is 82.1 Å². The highest BCUT2D eigenvalue weighted by atomic mass is 32.2. The van der Waals surface area contributed by atoms with E-state index in [-0.39, 0.29) is 10.8 Å². The van der Waals surface area contributed by atoms with E-state index in [4.69, 9.17) is 9.47 Å². The van der Waals surface area contributed by atoms with Crippen molar-refractivity contribution in [3.8, 4) is 5.88 Å². The first-order valence-corrected chi connectivity index (χ1v) is 11.0. The molecule has 0 spiro atoms. The second-order valence-corrected chi connectivity index (χ2v) is 9.11. The number of carbonyl (C=O) groups is 1. The minimum Gasteiger partial charge on any atom is -0.476 e. The van der Waals surface area contributed by atoms with Gasteiger partial charge < -0.3 is 14.8 Å². The molecule has 0 radical (unpaired) electrons. The summed E-state index contributed by atoms with van der Waals surface area (Å²) in [5.41, 5.74) is 0.865. The van der Waals surface area contributed by atoms with Crippen molar-refractivity contribution < 1.29 is 22.7 Å². The molecule has 3 rings (SSSR count). The van der Waals surface area contributed by atoms with Gasteiger partial charge in [-0.1, -0.05) is 0 Å². The van der Waals surface area contributed by atoms with Crippen LogP contribution in [0.2, 0.25) is 0 Å². The summed E-state index contributed by atoms with van der Waals surface area (Å²) in [7, 11) is -0.615. The van der Waals surface area contributed by atoms with E-state index in [0.29, 0.717) is 23.7 Å². The summed E-state index contributed by atoms with van der Waals surface area (Å²) >= 11 is 0. The molecule has 1 amide bonds. The molecular formula is C20H26N4O5S. The van der Waals surface area contributed by atoms with Gasteiger partial charge in [-0.25, -0.2) is 17.7 Å². The number of carbonyl (C=O) groups excluding carboxylic acids is 1. The molecule has 9 nitrogen and oxygen atoms in total. The normalized spacial score (nSPS) is 15.2. The number of amides is 1. The molecule has 0 atom stereocenters. The molecule has 2 aromatic rings. The van der Waals surface area contributed by atoms with Gasteiger partial charge in [-0.05, 0) is 30.3 Å². The van der Waals surface area contributed by atoms with Crippen molar-refractivity contribution in [2.45, 2.75) is 4.90 Å². The van der Waals surface area contributed by atoms with E-state index < -0.39 is 10.0 Å². The molecule has 1 aliphatic rings. The lowest BCUT2D eigenvalue weighted by Crippen LogP contribution is -2.38. The molecule has 1 aromatic heterocycles. The van der Waals surface area contributed by atoms with Crippen molar-refractivity contribution in [3.05, 3.63) is 48.2 Å². The molecule has 162 valence electrons. The van der Waals surface area contributed by atoms with E-state index in [0.717, 1.165) is 37.2 Å². The smallest absolute Gasteiger partial charge is 0.255 e. The second-order valence-electron chi connectivity index (χ2n) is 6.95. The Bertz CT molecular complexity index is 940. The Balaban J connectivity index is 1.51. The summed E-state index contributed by atoms with van der Waals surface area (Å²) in [6, 6.07) is 9.17. The molecule has 0 unspecified atom stereocenters. The van der Waals surface area contributed by atoms with Gasteiger partial charge in [0.25, 0.3) is 5.91 Å². The first kappa shape index (κ1) is 22.2. The van der Waals surface area contributed by atoms with E-state index in [1.807, 2.05) is 0 Å². The summed E-state index contributed by atoms with van der Waals surface area (Å²) in [5, 5.41) is 2.74. The number of nitrogens with one attached hydrogen (secondary N) is 1. The molecule has 1 fully saturated rings. The third-order valence-corrected chi connectivity index (χ3v) is 6.48. The van der Waals surface area contributed by atoms with Gasteiger partial charge >= 0.3 is 0 Å². The van der Waals surface area contributed by atoms with Crippen LogP contribution in [0.4, 0.5) is 5.69 Å². The molecule has 1 aliphatic heterocycles. The molecule has 0 bridgehead atoms. The topological polar surface area (TPSA) is 101 Å². The minimum absolute atomic E-state index is 0.129. The van der Waals surface area contributed by atoms with Crippen LogP contribution < -0.4 is 10.1 Å². The van der Waals surface area contributed by atoms with Crippen LogP contribution >= 0.6 is 0 Å². The van der Waals surface area contributed by atoms with Gasteiger partial charge in [0.1, 0.15) is 6.61 Å². The monoisotopic (exact) mass is 434 g/mol.